The molecule has 1 fully saturated rings. The number of nitro benzene ring substituents is 1. The van der Waals surface area contributed by atoms with Crippen LogP contribution in [0.25, 0.3) is 16.3 Å². The zero-order valence-corrected chi connectivity index (χ0v) is 22.0. The molecule has 1 aliphatic carbocycles. The highest BCUT2D eigenvalue weighted by atomic mass is 32.2. The van der Waals surface area contributed by atoms with E-state index in [0.29, 0.717) is 9.86 Å². The lowest BCUT2D eigenvalue weighted by molar-refractivity contribution is -0.384. The maximum Gasteiger partial charge on any atom is 0.270 e. The van der Waals surface area contributed by atoms with Gasteiger partial charge in [0, 0.05) is 18.1 Å². The summed E-state index contributed by atoms with van der Waals surface area (Å²) in [6, 6.07) is 24.9. The van der Waals surface area contributed by atoms with Gasteiger partial charge in [0.05, 0.1) is 32.6 Å². The van der Waals surface area contributed by atoms with Gasteiger partial charge in [-0.1, -0.05) is 72.4 Å². The summed E-state index contributed by atoms with van der Waals surface area (Å²) in [4.78, 5) is 28.9. The number of allylic oxidation sites excluding steroid dienone is 1. The normalized spacial score (nSPS) is 19.9. The van der Waals surface area contributed by atoms with E-state index < -0.39 is 4.92 Å². The first kappa shape index (κ1) is 24.5. The molecule has 9 heteroatoms. The van der Waals surface area contributed by atoms with E-state index in [2.05, 4.69) is 35.3 Å². The highest BCUT2D eigenvalue weighted by Crippen LogP contribution is 2.45. The molecule has 190 valence electrons. The summed E-state index contributed by atoms with van der Waals surface area (Å²) in [5, 5.41) is 17.8. The molecule has 2 unspecified atom stereocenters. The molecule has 1 aliphatic heterocycles. The standard InChI is InChI=1S/C29H24N4O3S2/c34-26(18-37-29-30-24-15-14-22(33(35)36)17-25(24)38-29)32-28(20-10-5-2-6-11-20)23-13-7-12-21(27(23)31-32)16-19-8-3-1-4-9-19/h1-6,8-11,14-17,23,28H,7,12-13,18H2. The van der Waals surface area contributed by atoms with Crippen LogP contribution in [-0.2, 0) is 4.79 Å². The lowest BCUT2D eigenvalue weighted by atomic mass is 9.77. The van der Waals surface area contributed by atoms with E-state index in [9.17, 15) is 14.9 Å². The average Bonchev–Trinajstić information content (AvgIpc) is 3.54. The number of carbonyl (C=O) groups excluding carboxylic acids is 1. The van der Waals surface area contributed by atoms with Crippen molar-refractivity contribution in [3.63, 3.8) is 0 Å². The summed E-state index contributed by atoms with van der Waals surface area (Å²) in [6.45, 7) is 0. The lowest BCUT2D eigenvalue weighted by Gasteiger charge is -2.29. The molecule has 2 heterocycles. The van der Waals surface area contributed by atoms with Crippen molar-refractivity contribution in [1.82, 2.24) is 9.99 Å². The Kier molecular flexibility index (Phi) is 6.78. The molecule has 3 aromatic carbocycles. The molecule has 4 aromatic rings. The van der Waals surface area contributed by atoms with Gasteiger partial charge in [0.15, 0.2) is 4.34 Å². The number of nitrogens with zero attached hydrogens (tertiary/aromatic N) is 4. The number of thiazole rings is 1. The van der Waals surface area contributed by atoms with E-state index in [1.165, 1.54) is 40.8 Å². The number of benzene rings is 3. The van der Waals surface area contributed by atoms with Crippen LogP contribution in [0.3, 0.4) is 0 Å². The molecular formula is C29H24N4O3S2. The Bertz CT molecular complexity index is 1570. The number of hydrazone groups is 1. The average molecular weight is 541 g/mol. The van der Waals surface area contributed by atoms with Gasteiger partial charge in [-0.05, 0) is 48.1 Å². The Balaban J connectivity index is 1.28. The minimum atomic E-state index is -0.411. The molecule has 0 radical (unpaired) electrons. The van der Waals surface area contributed by atoms with Crippen LogP contribution >= 0.6 is 23.1 Å². The summed E-state index contributed by atoms with van der Waals surface area (Å²) in [5.41, 5.74) is 5.17. The monoisotopic (exact) mass is 540 g/mol. The van der Waals surface area contributed by atoms with Crippen molar-refractivity contribution in [3.8, 4) is 0 Å². The van der Waals surface area contributed by atoms with Gasteiger partial charge in [0.1, 0.15) is 0 Å². The van der Waals surface area contributed by atoms with E-state index >= 15 is 0 Å². The van der Waals surface area contributed by atoms with Gasteiger partial charge >= 0.3 is 0 Å². The fourth-order valence-electron chi connectivity index (χ4n) is 5.20. The van der Waals surface area contributed by atoms with Crippen LogP contribution < -0.4 is 0 Å². The fraction of sp³-hybridized carbons (Fsp3) is 0.207. The smallest absolute Gasteiger partial charge is 0.270 e. The molecular weight excluding hydrogens is 516 g/mol. The number of amides is 1. The predicted octanol–water partition coefficient (Wildman–Crippen LogP) is 7.12. The largest absolute Gasteiger partial charge is 0.272 e. The first-order valence-electron chi connectivity index (χ1n) is 12.5. The molecule has 2 atom stereocenters. The van der Waals surface area contributed by atoms with Crippen molar-refractivity contribution in [2.75, 3.05) is 5.75 Å². The van der Waals surface area contributed by atoms with Gasteiger partial charge in [-0.25, -0.2) is 9.99 Å². The number of carbonyl (C=O) groups is 1. The molecule has 1 aromatic heterocycles. The maximum absolute atomic E-state index is 13.6. The molecule has 2 aliphatic rings. The van der Waals surface area contributed by atoms with E-state index in [1.54, 1.807) is 11.1 Å². The second-order valence-electron chi connectivity index (χ2n) is 9.34. The number of thioether (sulfide) groups is 1. The van der Waals surface area contributed by atoms with Crippen LogP contribution in [0.4, 0.5) is 5.69 Å². The van der Waals surface area contributed by atoms with Gasteiger partial charge in [-0.3, -0.25) is 14.9 Å². The van der Waals surface area contributed by atoms with E-state index in [1.807, 2.05) is 36.4 Å². The van der Waals surface area contributed by atoms with Gasteiger partial charge in [-0.2, -0.15) is 5.10 Å². The van der Waals surface area contributed by atoms with Crippen LogP contribution in [0, 0.1) is 16.0 Å². The molecule has 0 N–H and O–H groups in total. The zero-order chi connectivity index (χ0) is 26.1. The van der Waals surface area contributed by atoms with Crippen molar-refractivity contribution in [1.29, 1.82) is 0 Å². The summed E-state index contributed by atoms with van der Waals surface area (Å²) >= 11 is 2.72. The minimum absolute atomic E-state index is 0.0364. The van der Waals surface area contributed by atoms with E-state index in [0.717, 1.165) is 40.8 Å². The van der Waals surface area contributed by atoms with Crippen molar-refractivity contribution >= 4 is 56.7 Å². The summed E-state index contributed by atoms with van der Waals surface area (Å²) < 4.78 is 1.44. The van der Waals surface area contributed by atoms with Gasteiger partial charge in [0.25, 0.3) is 11.6 Å². The SMILES string of the molecule is O=C(CSc1nc2ccc([N+](=O)[O-])cc2s1)N1N=C2C(=Cc3ccccc3)CCCC2C1c1ccccc1. The fourth-order valence-corrected chi connectivity index (χ4v) is 7.15. The summed E-state index contributed by atoms with van der Waals surface area (Å²) in [5.74, 6) is 0.264. The Morgan fingerprint density at radius 3 is 2.63 bits per heavy atom. The predicted molar refractivity (Wildman–Crippen MR) is 152 cm³/mol. The van der Waals surface area contributed by atoms with Crippen LogP contribution in [0.5, 0.6) is 0 Å². The number of hydrogen-bond acceptors (Lipinski definition) is 7. The quantitative estimate of drug-likeness (QED) is 0.148. The van der Waals surface area contributed by atoms with Gasteiger partial charge in [0.2, 0.25) is 0 Å². The van der Waals surface area contributed by atoms with Crippen molar-refractivity contribution in [2.45, 2.75) is 29.6 Å². The van der Waals surface area contributed by atoms with Gasteiger partial charge < -0.3 is 0 Å². The Hall–Kier alpha value is -3.82. The molecule has 0 bridgehead atoms. The van der Waals surface area contributed by atoms with Crippen molar-refractivity contribution in [2.24, 2.45) is 11.0 Å². The number of hydrogen-bond donors (Lipinski definition) is 0. The molecule has 6 rings (SSSR count). The van der Waals surface area contributed by atoms with Crippen LogP contribution in [0.15, 0.2) is 93.9 Å². The molecule has 0 spiro atoms. The number of fused-ring (bicyclic) bond motifs is 2. The number of non-ortho nitro benzene ring substituents is 1. The van der Waals surface area contributed by atoms with Gasteiger partial charge in [-0.15, -0.1) is 11.3 Å². The first-order valence-corrected chi connectivity index (χ1v) is 14.3. The Morgan fingerprint density at radius 1 is 1.11 bits per heavy atom. The number of rotatable bonds is 6. The van der Waals surface area contributed by atoms with E-state index in [-0.39, 0.29) is 29.3 Å². The number of nitro groups is 1. The Labute approximate surface area is 228 Å². The second kappa shape index (κ2) is 10.5. The zero-order valence-electron chi connectivity index (χ0n) is 20.4. The Morgan fingerprint density at radius 2 is 1.87 bits per heavy atom. The lowest BCUT2D eigenvalue weighted by Crippen LogP contribution is -2.32. The highest BCUT2D eigenvalue weighted by Gasteiger charge is 2.43. The third-order valence-electron chi connectivity index (χ3n) is 6.92. The second-order valence-corrected chi connectivity index (χ2v) is 11.6. The van der Waals surface area contributed by atoms with Crippen LogP contribution in [0.2, 0.25) is 0 Å². The molecule has 0 saturated heterocycles. The summed E-state index contributed by atoms with van der Waals surface area (Å²) in [6.07, 6.45) is 5.19. The summed E-state index contributed by atoms with van der Waals surface area (Å²) in [7, 11) is 0. The van der Waals surface area contributed by atoms with Crippen LogP contribution in [-0.4, -0.2) is 32.3 Å². The van der Waals surface area contributed by atoms with E-state index in [4.69, 9.17) is 5.10 Å². The third kappa shape index (κ3) is 4.87. The molecule has 38 heavy (non-hydrogen) atoms. The first-order chi connectivity index (χ1) is 18.6. The topological polar surface area (TPSA) is 88.7 Å². The highest BCUT2D eigenvalue weighted by molar-refractivity contribution is 8.01. The third-order valence-corrected chi connectivity index (χ3v) is 9.07. The molecule has 1 amide bonds. The molecule has 1 saturated carbocycles. The number of aromatic nitrogens is 1. The maximum atomic E-state index is 13.6. The molecule has 7 nitrogen and oxygen atoms in total. The van der Waals surface area contributed by atoms with Crippen molar-refractivity contribution < 1.29 is 9.72 Å². The van der Waals surface area contributed by atoms with Crippen LogP contribution in [0.1, 0.15) is 36.4 Å². The van der Waals surface area contributed by atoms with Crippen molar-refractivity contribution in [3.05, 3.63) is 106 Å². The minimum Gasteiger partial charge on any atom is -0.272 e.